The van der Waals surface area contributed by atoms with Crippen LogP contribution in [-0.4, -0.2) is 24.2 Å². The molecule has 1 heterocycles. The molecule has 0 aliphatic rings. The zero-order valence-electron chi connectivity index (χ0n) is 15.5. The molecule has 5 nitrogen and oxygen atoms in total. The van der Waals surface area contributed by atoms with Crippen LogP contribution >= 0.6 is 15.9 Å². The first-order valence-electron chi connectivity index (χ1n) is 8.79. The monoisotopic (exact) mass is 428 g/mol. The molecule has 27 heavy (non-hydrogen) atoms. The van der Waals surface area contributed by atoms with Crippen LogP contribution in [0, 0.1) is 6.92 Å². The van der Waals surface area contributed by atoms with Gasteiger partial charge in [0.2, 0.25) is 0 Å². The lowest BCUT2D eigenvalue weighted by Crippen LogP contribution is -2.09. The highest BCUT2D eigenvalue weighted by molar-refractivity contribution is 9.10. The second-order valence-corrected chi connectivity index (χ2v) is 6.84. The maximum Gasteiger partial charge on any atom is 0.341 e. The van der Waals surface area contributed by atoms with Crippen molar-refractivity contribution in [1.82, 2.24) is 4.98 Å². The lowest BCUT2D eigenvalue weighted by molar-refractivity contribution is 0.0527. The molecule has 0 atom stereocenters. The number of ether oxygens (including phenoxy) is 2. The van der Waals surface area contributed by atoms with E-state index in [9.17, 15) is 4.79 Å². The number of hydrogen-bond acceptors (Lipinski definition) is 5. The van der Waals surface area contributed by atoms with E-state index in [4.69, 9.17) is 9.47 Å². The first-order valence-corrected chi connectivity index (χ1v) is 9.58. The van der Waals surface area contributed by atoms with Crippen LogP contribution in [0.4, 0.5) is 11.4 Å². The van der Waals surface area contributed by atoms with E-state index in [1.807, 2.05) is 50.2 Å². The molecule has 0 radical (unpaired) electrons. The number of benzene rings is 2. The Morgan fingerprint density at radius 1 is 1.15 bits per heavy atom. The Balaban J connectivity index is 2.18. The van der Waals surface area contributed by atoms with Crippen LogP contribution in [-0.2, 0) is 4.74 Å². The number of anilines is 2. The van der Waals surface area contributed by atoms with E-state index >= 15 is 0 Å². The largest absolute Gasteiger partial charge is 0.494 e. The summed E-state index contributed by atoms with van der Waals surface area (Å²) in [5.41, 5.74) is 3.77. The van der Waals surface area contributed by atoms with Crippen molar-refractivity contribution >= 4 is 44.2 Å². The average molecular weight is 429 g/mol. The fourth-order valence-electron chi connectivity index (χ4n) is 2.78. The molecule has 1 N–H and O–H groups in total. The molecule has 6 heteroatoms. The predicted molar refractivity (Wildman–Crippen MR) is 111 cm³/mol. The fraction of sp³-hybridized carbons (Fsp3) is 0.238. The van der Waals surface area contributed by atoms with Gasteiger partial charge in [-0.25, -0.2) is 4.79 Å². The molecule has 2 aromatic carbocycles. The number of halogens is 1. The lowest BCUT2D eigenvalue weighted by Gasteiger charge is -2.16. The molecule has 0 unspecified atom stereocenters. The zero-order chi connectivity index (χ0) is 19.4. The molecule has 0 saturated carbocycles. The molecule has 0 saturated heterocycles. The van der Waals surface area contributed by atoms with Gasteiger partial charge < -0.3 is 14.8 Å². The summed E-state index contributed by atoms with van der Waals surface area (Å²) in [7, 11) is 0. The maximum absolute atomic E-state index is 12.5. The Hall–Kier alpha value is -2.60. The highest BCUT2D eigenvalue weighted by Crippen LogP contribution is 2.34. The van der Waals surface area contributed by atoms with Crippen molar-refractivity contribution in [3.8, 4) is 5.75 Å². The van der Waals surface area contributed by atoms with Crippen LogP contribution in [0.25, 0.3) is 10.9 Å². The third-order valence-corrected chi connectivity index (χ3v) is 4.69. The molecular formula is C21H21BrN2O3. The Morgan fingerprint density at radius 2 is 1.96 bits per heavy atom. The van der Waals surface area contributed by atoms with Gasteiger partial charge in [-0.2, -0.15) is 0 Å². The van der Waals surface area contributed by atoms with Crippen LogP contribution in [0.2, 0.25) is 0 Å². The summed E-state index contributed by atoms with van der Waals surface area (Å²) in [5, 5.41) is 4.17. The van der Waals surface area contributed by atoms with E-state index in [-0.39, 0.29) is 0 Å². The number of hydrogen-bond donors (Lipinski definition) is 1. The number of aryl methyl sites for hydroxylation is 1. The summed E-state index contributed by atoms with van der Waals surface area (Å²) >= 11 is 3.58. The van der Waals surface area contributed by atoms with Crippen LogP contribution in [0.15, 0.2) is 47.1 Å². The normalized spacial score (nSPS) is 10.7. The second kappa shape index (κ2) is 8.39. The smallest absolute Gasteiger partial charge is 0.341 e. The molecule has 0 bridgehead atoms. The van der Waals surface area contributed by atoms with Gasteiger partial charge in [0, 0.05) is 16.1 Å². The van der Waals surface area contributed by atoms with Crippen LogP contribution in [0.5, 0.6) is 5.75 Å². The Bertz CT molecular complexity index is 989. The number of aromatic nitrogens is 1. The second-order valence-electron chi connectivity index (χ2n) is 5.99. The lowest BCUT2D eigenvalue weighted by atomic mass is 10.1. The molecule has 140 valence electrons. The standard InChI is InChI=1S/C21H21BrN2O3/c1-4-26-14-7-9-18-15(11-14)20(16(12-23-18)21(25)27-5-2)24-19-8-6-13(3)10-17(19)22/h6-12H,4-5H2,1-3H3,(H,23,24). The van der Waals surface area contributed by atoms with Gasteiger partial charge in [-0.1, -0.05) is 6.07 Å². The zero-order valence-corrected chi connectivity index (χ0v) is 17.1. The molecule has 3 rings (SSSR count). The number of carbonyl (C=O) groups is 1. The van der Waals surface area contributed by atoms with Gasteiger partial charge in [0.1, 0.15) is 11.3 Å². The Kier molecular flexibility index (Phi) is 5.96. The van der Waals surface area contributed by atoms with Crippen molar-refractivity contribution in [1.29, 1.82) is 0 Å². The number of fused-ring (bicyclic) bond motifs is 1. The van der Waals surface area contributed by atoms with Gasteiger partial charge in [-0.05, 0) is 72.6 Å². The summed E-state index contributed by atoms with van der Waals surface area (Å²) in [6.07, 6.45) is 1.55. The van der Waals surface area contributed by atoms with Crippen molar-refractivity contribution in [2.45, 2.75) is 20.8 Å². The van der Waals surface area contributed by atoms with E-state index in [1.165, 1.54) is 0 Å². The van der Waals surface area contributed by atoms with Gasteiger partial charge >= 0.3 is 5.97 Å². The van der Waals surface area contributed by atoms with Crippen molar-refractivity contribution < 1.29 is 14.3 Å². The quantitative estimate of drug-likeness (QED) is 0.515. The molecule has 0 amide bonds. The van der Waals surface area contributed by atoms with Gasteiger partial charge in [0.15, 0.2) is 0 Å². The summed E-state index contributed by atoms with van der Waals surface area (Å²) in [6, 6.07) is 11.6. The van der Waals surface area contributed by atoms with E-state index in [0.717, 1.165) is 32.4 Å². The Morgan fingerprint density at radius 3 is 2.67 bits per heavy atom. The predicted octanol–water partition coefficient (Wildman–Crippen LogP) is 5.62. The van der Waals surface area contributed by atoms with E-state index < -0.39 is 5.97 Å². The number of pyridine rings is 1. The van der Waals surface area contributed by atoms with Crippen LogP contribution < -0.4 is 10.1 Å². The summed E-state index contributed by atoms with van der Waals surface area (Å²) in [6.45, 7) is 6.59. The summed E-state index contributed by atoms with van der Waals surface area (Å²) in [5.74, 6) is 0.304. The van der Waals surface area contributed by atoms with Crippen molar-refractivity contribution in [2.75, 3.05) is 18.5 Å². The SMILES string of the molecule is CCOC(=O)c1cnc2ccc(OCC)cc2c1Nc1ccc(C)cc1Br. The number of nitrogens with zero attached hydrogens (tertiary/aromatic N) is 1. The third kappa shape index (κ3) is 4.22. The Labute approximate surface area is 166 Å². The van der Waals surface area contributed by atoms with Gasteiger partial charge in [-0.3, -0.25) is 4.98 Å². The van der Waals surface area contributed by atoms with Gasteiger partial charge in [0.05, 0.1) is 30.1 Å². The summed E-state index contributed by atoms with van der Waals surface area (Å²) < 4.78 is 11.8. The topological polar surface area (TPSA) is 60.5 Å². The third-order valence-electron chi connectivity index (χ3n) is 4.03. The van der Waals surface area contributed by atoms with Crippen molar-refractivity contribution in [2.24, 2.45) is 0 Å². The molecule has 0 aliphatic carbocycles. The van der Waals surface area contributed by atoms with Crippen LogP contribution in [0.3, 0.4) is 0 Å². The highest BCUT2D eigenvalue weighted by Gasteiger charge is 2.18. The van der Waals surface area contributed by atoms with E-state index in [1.54, 1.807) is 13.1 Å². The minimum absolute atomic E-state index is 0.295. The van der Waals surface area contributed by atoms with Crippen molar-refractivity contribution in [3.63, 3.8) is 0 Å². The minimum Gasteiger partial charge on any atom is -0.494 e. The summed E-state index contributed by atoms with van der Waals surface area (Å²) in [4.78, 5) is 16.9. The number of rotatable bonds is 6. The first kappa shape index (κ1) is 19.2. The molecule has 0 fully saturated rings. The van der Waals surface area contributed by atoms with Crippen LogP contribution in [0.1, 0.15) is 29.8 Å². The number of esters is 1. The number of nitrogens with one attached hydrogen (secondary N) is 1. The first-order chi connectivity index (χ1) is 13.0. The molecule has 0 aliphatic heterocycles. The van der Waals surface area contributed by atoms with E-state index in [0.29, 0.717) is 24.5 Å². The molecule has 1 aromatic heterocycles. The highest BCUT2D eigenvalue weighted by atomic mass is 79.9. The molecule has 0 spiro atoms. The maximum atomic E-state index is 12.5. The number of carbonyl (C=O) groups excluding carboxylic acids is 1. The van der Waals surface area contributed by atoms with E-state index in [2.05, 4.69) is 26.2 Å². The average Bonchev–Trinajstić information content (AvgIpc) is 2.64. The van der Waals surface area contributed by atoms with Crippen molar-refractivity contribution in [3.05, 3.63) is 58.2 Å². The minimum atomic E-state index is -0.417. The fourth-order valence-corrected chi connectivity index (χ4v) is 3.37. The molecule has 3 aromatic rings. The molecular weight excluding hydrogens is 408 g/mol. The van der Waals surface area contributed by atoms with Gasteiger partial charge in [0.25, 0.3) is 0 Å². The van der Waals surface area contributed by atoms with Gasteiger partial charge in [-0.15, -0.1) is 0 Å².